The highest BCUT2D eigenvalue weighted by Crippen LogP contribution is 2.19. The van der Waals surface area contributed by atoms with Crippen molar-refractivity contribution in [3.63, 3.8) is 0 Å². The van der Waals surface area contributed by atoms with E-state index in [1.54, 1.807) is 0 Å². The topological polar surface area (TPSA) is 53.4 Å². The van der Waals surface area contributed by atoms with Crippen molar-refractivity contribution in [2.24, 2.45) is 0 Å². The summed E-state index contributed by atoms with van der Waals surface area (Å²) in [6, 6.07) is 8.30. The van der Waals surface area contributed by atoms with Gasteiger partial charge in [0.1, 0.15) is 0 Å². The number of carboxylic acids is 1. The maximum absolute atomic E-state index is 10.7. The molecule has 5 heteroatoms. The molecule has 20 heavy (non-hydrogen) atoms. The monoisotopic (exact) mass is 290 g/mol. The maximum Gasteiger partial charge on any atom is 0.309 e. The zero-order valence-electron chi connectivity index (χ0n) is 11.7. The third-order valence-corrected chi connectivity index (χ3v) is 3.78. The second-order valence-corrected chi connectivity index (χ2v) is 5.93. The predicted molar refractivity (Wildman–Crippen MR) is 80.1 cm³/mol. The Morgan fingerprint density at radius 2 is 2.00 bits per heavy atom. The lowest BCUT2D eigenvalue weighted by molar-refractivity contribution is -0.136. The Bertz CT molecular complexity index is 593. The molecule has 0 bridgehead atoms. The molecule has 4 nitrogen and oxygen atoms in total. The third-order valence-electron chi connectivity index (χ3n) is 2.88. The van der Waals surface area contributed by atoms with Crippen LogP contribution in [0.15, 0.2) is 29.6 Å². The molecule has 0 atom stereocenters. The van der Waals surface area contributed by atoms with Crippen molar-refractivity contribution in [3.8, 4) is 0 Å². The van der Waals surface area contributed by atoms with Crippen molar-refractivity contribution in [2.45, 2.75) is 19.4 Å². The van der Waals surface area contributed by atoms with E-state index in [2.05, 4.69) is 22.0 Å². The van der Waals surface area contributed by atoms with Crippen LogP contribution >= 0.6 is 11.3 Å². The molecule has 0 radical (unpaired) electrons. The number of nitrogens with zero attached hydrogens (tertiary/aromatic N) is 2. The van der Waals surface area contributed by atoms with Gasteiger partial charge in [-0.2, -0.15) is 0 Å². The largest absolute Gasteiger partial charge is 0.481 e. The van der Waals surface area contributed by atoms with E-state index in [0.717, 1.165) is 18.0 Å². The lowest BCUT2D eigenvalue weighted by Crippen LogP contribution is -2.12. The fourth-order valence-electron chi connectivity index (χ4n) is 2.05. The van der Waals surface area contributed by atoms with Crippen LogP contribution in [0.1, 0.15) is 21.8 Å². The van der Waals surface area contributed by atoms with E-state index in [1.807, 2.05) is 31.6 Å². The molecule has 0 aliphatic rings. The van der Waals surface area contributed by atoms with Gasteiger partial charge in [0.15, 0.2) is 0 Å². The smallest absolute Gasteiger partial charge is 0.309 e. The number of hydrogen-bond acceptors (Lipinski definition) is 4. The Morgan fingerprint density at radius 3 is 2.65 bits per heavy atom. The van der Waals surface area contributed by atoms with Gasteiger partial charge in [0, 0.05) is 18.3 Å². The lowest BCUT2D eigenvalue weighted by Gasteiger charge is -2.13. The minimum Gasteiger partial charge on any atom is -0.481 e. The quantitative estimate of drug-likeness (QED) is 0.887. The number of rotatable bonds is 6. The van der Waals surface area contributed by atoms with Gasteiger partial charge in [-0.1, -0.05) is 24.3 Å². The van der Waals surface area contributed by atoms with E-state index >= 15 is 0 Å². The molecule has 0 fully saturated rings. The number of hydrogen-bond donors (Lipinski definition) is 1. The summed E-state index contributed by atoms with van der Waals surface area (Å²) < 4.78 is 0. The van der Waals surface area contributed by atoms with Crippen LogP contribution in [0.3, 0.4) is 0 Å². The molecule has 1 aromatic carbocycles. The van der Waals surface area contributed by atoms with Gasteiger partial charge in [-0.05, 0) is 25.2 Å². The molecule has 0 amide bonds. The molecule has 0 aliphatic heterocycles. The van der Waals surface area contributed by atoms with Crippen LogP contribution in [-0.2, 0) is 24.2 Å². The van der Waals surface area contributed by atoms with E-state index in [1.165, 1.54) is 22.5 Å². The van der Waals surface area contributed by atoms with E-state index in [9.17, 15) is 4.79 Å². The summed E-state index contributed by atoms with van der Waals surface area (Å²) in [5.74, 6) is -0.838. The number of thiazole rings is 1. The van der Waals surface area contributed by atoms with Crippen LogP contribution < -0.4 is 0 Å². The average molecular weight is 290 g/mol. The first kappa shape index (κ1) is 14.7. The molecule has 0 aliphatic carbocycles. The molecular weight excluding hydrogens is 272 g/mol. The standard InChI is InChI=1S/C15H18N2O2S/c1-17(2)9-12-6-4-3-5-11(12)7-14-16-13(10-20-14)8-15(18)19/h3-6,10H,7-9H2,1-2H3,(H,18,19). The predicted octanol–water partition coefficient (Wildman–Crippen LogP) is 2.42. The van der Waals surface area contributed by atoms with Gasteiger partial charge >= 0.3 is 5.97 Å². The fraction of sp³-hybridized carbons (Fsp3) is 0.333. The van der Waals surface area contributed by atoms with Crippen LogP contribution in [0.25, 0.3) is 0 Å². The fourth-order valence-corrected chi connectivity index (χ4v) is 2.87. The van der Waals surface area contributed by atoms with Gasteiger partial charge in [0.2, 0.25) is 0 Å². The molecule has 106 valence electrons. The Morgan fingerprint density at radius 1 is 1.30 bits per heavy atom. The number of carboxylic acid groups (broad SMARTS) is 1. The van der Waals surface area contributed by atoms with Crippen molar-refractivity contribution in [1.82, 2.24) is 9.88 Å². The summed E-state index contributed by atoms with van der Waals surface area (Å²) in [7, 11) is 4.09. The van der Waals surface area contributed by atoms with Crippen LogP contribution in [0, 0.1) is 0 Å². The highest BCUT2D eigenvalue weighted by molar-refractivity contribution is 7.09. The van der Waals surface area contributed by atoms with Gasteiger partial charge in [0.05, 0.1) is 17.1 Å². The normalized spacial score (nSPS) is 10.9. The first-order valence-electron chi connectivity index (χ1n) is 6.41. The lowest BCUT2D eigenvalue weighted by atomic mass is 10.0. The molecule has 0 unspecified atom stereocenters. The number of aliphatic carboxylic acids is 1. The zero-order chi connectivity index (χ0) is 14.5. The van der Waals surface area contributed by atoms with E-state index in [-0.39, 0.29) is 6.42 Å². The van der Waals surface area contributed by atoms with Crippen molar-refractivity contribution >= 4 is 17.3 Å². The molecule has 0 saturated heterocycles. The summed E-state index contributed by atoms with van der Waals surface area (Å²) in [6.45, 7) is 0.892. The minimum atomic E-state index is -0.838. The van der Waals surface area contributed by atoms with Crippen LogP contribution in [0.5, 0.6) is 0 Å². The summed E-state index contributed by atoms with van der Waals surface area (Å²) in [6.07, 6.45) is 0.754. The molecule has 1 N–H and O–H groups in total. The van der Waals surface area contributed by atoms with E-state index in [4.69, 9.17) is 5.11 Å². The zero-order valence-corrected chi connectivity index (χ0v) is 12.5. The van der Waals surface area contributed by atoms with Crippen LogP contribution in [0.4, 0.5) is 0 Å². The second kappa shape index (κ2) is 6.63. The Labute approximate surface area is 122 Å². The van der Waals surface area contributed by atoms with Gasteiger partial charge in [-0.15, -0.1) is 11.3 Å². The summed E-state index contributed by atoms with van der Waals surface area (Å²) >= 11 is 1.53. The summed E-state index contributed by atoms with van der Waals surface area (Å²) in [5, 5.41) is 11.6. The van der Waals surface area contributed by atoms with Crippen molar-refractivity contribution in [1.29, 1.82) is 0 Å². The van der Waals surface area contributed by atoms with Gasteiger partial charge in [-0.25, -0.2) is 4.98 Å². The number of carbonyl (C=O) groups is 1. The molecule has 0 saturated carbocycles. The highest BCUT2D eigenvalue weighted by Gasteiger charge is 2.09. The maximum atomic E-state index is 10.7. The summed E-state index contributed by atoms with van der Waals surface area (Å²) in [4.78, 5) is 17.2. The molecule has 2 rings (SSSR count). The van der Waals surface area contributed by atoms with Gasteiger partial charge in [0.25, 0.3) is 0 Å². The second-order valence-electron chi connectivity index (χ2n) is 4.99. The van der Waals surface area contributed by atoms with E-state index in [0.29, 0.717) is 5.69 Å². The SMILES string of the molecule is CN(C)Cc1ccccc1Cc1nc(CC(=O)O)cs1. The first-order chi connectivity index (χ1) is 9.54. The molecular formula is C15H18N2O2S. The minimum absolute atomic E-state index is 0.00412. The molecule has 1 aromatic heterocycles. The van der Waals surface area contributed by atoms with Crippen molar-refractivity contribution in [2.75, 3.05) is 14.1 Å². The first-order valence-corrected chi connectivity index (χ1v) is 7.29. The Hall–Kier alpha value is -1.72. The van der Waals surface area contributed by atoms with Gasteiger partial charge < -0.3 is 10.0 Å². The highest BCUT2D eigenvalue weighted by atomic mass is 32.1. The van der Waals surface area contributed by atoms with Gasteiger partial charge in [-0.3, -0.25) is 4.79 Å². The van der Waals surface area contributed by atoms with Crippen LogP contribution in [-0.4, -0.2) is 35.1 Å². The molecule has 2 aromatic rings. The molecule has 1 heterocycles. The number of aromatic nitrogens is 1. The Kier molecular flexibility index (Phi) is 4.87. The van der Waals surface area contributed by atoms with E-state index < -0.39 is 5.97 Å². The third kappa shape index (κ3) is 4.15. The average Bonchev–Trinajstić information content (AvgIpc) is 2.77. The van der Waals surface area contributed by atoms with Crippen LogP contribution in [0.2, 0.25) is 0 Å². The van der Waals surface area contributed by atoms with Crippen molar-refractivity contribution < 1.29 is 9.90 Å². The Balaban J connectivity index is 2.13. The molecule has 0 spiro atoms. The van der Waals surface area contributed by atoms with Crippen molar-refractivity contribution in [3.05, 3.63) is 51.5 Å². The number of benzene rings is 1. The summed E-state index contributed by atoms with van der Waals surface area (Å²) in [5.41, 5.74) is 3.17.